The monoisotopic (exact) mass is 272 g/mol. The summed E-state index contributed by atoms with van der Waals surface area (Å²) in [6.07, 6.45) is 0. The van der Waals surface area contributed by atoms with Crippen LogP contribution in [0.2, 0.25) is 0 Å². The van der Waals surface area contributed by atoms with Gasteiger partial charge in [-0.25, -0.2) is 22.0 Å². The summed E-state index contributed by atoms with van der Waals surface area (Å²) >= 11 is 0. The van der Waals surface area contributed by atoms with Gasteiger partial charge in [-0.05, 0) is 12.1 Å². The van der Waals surface area contributed by atoms with Crippen molar-refractivity contribution in [1.29, 1.82) is 0 Å². The third kappa shape index (κ3) is 2.62. The molecule has 0 heterocycles. The zero-order chi connectivity index (χ0) is 14.2. The molecular formula is C13H5F5O. The molecular weight excluding hydrogens is 267 g/mol. The molecule has 6 heteroatoms. The minimum atomic E-state index is -1.44. The number of carbonyl (C=O) groups is 1. The van der Waals surface area contributed by atoms with Crippen LogP contribution in [0.3, 0.4) is 0 Å². The molecule has 0 spiro atoms. The summed E-state index contributed by atoms with van der Waals surface area (Å²) in [4.78, 5) is 11.8. The van der Waals surface area contributed by atoms with Crippen LogP contribution in [-0.2, 0) is 0 Å². The van der Waals surface area contributed by atoms with E-state index in [1.165, 1.54) is 0 Å². The number of hydrogen-bond acceptors (Lipinski definition) is 1. The zero-order valence-corrected chi connectivity index (χ0v) is 9.18. The van der Waals surface area contributed by atoms with Gasteiger partial charge in [0.05, 0.1) is 5.56 Å². The molecule has 0 saturated heterocycles. The third-order valence-electron chi connectivity index (χ3n) is 2.36. The van der Waals surface area contributed by atoms with Gasteiger partial charge in [0.15, 0.2) is 5.78 Å². The molecule has 98 valence electrons. The fourth-order valence-electron chi connectivity index (χ4n) is 1.59. The second-order valence-corrected chi connectivity index (χ2v) is 3.73. The van der Waals surface area contributed by atoms with Gasteiger partial charge >= 0.3 is 0 Å². The smallest absolute Gasteiger partial charge is 0.199 e. The van der Waals surface area contributed by atoms with Crippen molar-refractivity contribution in [3.8, 4) is 0 Å². The standard InChI is InChI=1S/C13H5F5O/c14-7-1-6(2-8(15)3-7)13(19)12-10(17)4-9(16)5-11(12)18/h1-5H. The van der Waals surface area contributed by atoms with Gasteiger partial charge in [-0.2, -0.15) is 0 Å². The van der Waals surface area contributed by atoms with Gasteiger partial charge in [-0.15, -0.1) is 0 Å². The number of carbonyl (C=O) groups excluding carboxylic acids is 1. The Bertz CT molecular complexity index is 623. The molecule has 19 heavy (non-hydrogen) atoms. The van der Waals surface area contributed by atoms with Gasteiger partial charge < -0.3 is 0 Å². The summed E-state index contributed by atoms with van der Waals surface area (Å²) in [6, 6.07) is 2.40. The number of benzene rings is 2. The Morgan fingerprint density at radius 1 is 0.684 bits per heavy atom. The van der Waals surface area contributed by atoms with Crippen molar-refractivity contribution in [1.82, 2.24) is 0 Å². The Kier molecular flexibility index (Phi) is 3.33. The van der Waals surface area contributed by atoms with Crippen LogP contribution in [-0.4, -0.2) is 5.78 Å². The minimum Gasteiger partial charge on any atom is -0.288 e. The summed E-state index contributed by atoms with van der Waals surface area (Å²) in [7, 11) is 0. The van der Waals surface area contributed by atoms with Gasteiger partial charge in [0, 0.05) is 23.8 Å². The molecule has 2 aromatic carbocycles. The SMILES string of the molecule is O=C(c1cc(F)cc(F)c1)c1c(F)cc(F)cc1F. The van der Waals surface area contributed by atoms with Crippen molar-refractivity contribution in [3.05, 3.63) is 70.5 Å². The van der Waals surface area contributed by atoms with Crippen molar-refractivity contribution < 1.29 is 26.7 Å². The van der Waals surface area contributed by atoms with E-state index in [4.69, 9.17) is 0 Å². The van der Waals surface area contributed by atoms with Gasteiger partial charge in [-0.3, -0.25) is 4.79 Å². The maximum atomic E-state index is 13.4. The molecule has 2 aromatic rings. The van der Waals surface area contributed by atoms with Crippen LogP contribution in [0.15, 0.2) is 30.3 Å². The summed E-state index contributed by atoms with van der Waals surface area (Å²) in [6.45, 7) is 0. The lowest BCUT2D eigenvalue weighted by molar-refractivity contribution is 0.103. The number of rotatable bonds is 2. The number of ketones is 1. The van der Waals surface area contributed by atoms with E-state index in [2.05, 4.69) is 0 Å². The first-order valence-electron chi connectivity index (χ1n) is 5.04. The van der Waals surface area contributed by atoms with Gasteiger partial charge in [0.25, 0.3) is 0 Å². The topological polar surface area (TPSA) is 17.1 Å². The van der Waals surface area contributed by atoms with E-state index in [0.717, 1.165) is 0 Å². The molecule has 0 aromatic heterocycles. The predicted molar refractivity (Wildman–Crippen MR) is 56.1 cm³/mol. The highest BCUT2D eigenvalue weighted by Crippen LogP contribution is 2.20. The van der Waals surface area contributed by atoms with Gasteiger partial charge in [0.2, 0.25) is 0 Å². The molecule has 0 aliphatic rings. The summed E-state index contributed by atoms with van der Waals surface area (Å²) in [5.74, 6) is -7.47. The Morgan fingerprint density at radius 3 is 1.58 bits per heavy atom. The van der Waals surface area contributed by atoms with E-state index in [1.807, 2.05) is 0 Å². The zero-order valence-electron chi connectivity index (χ0n) is 9.18. The molecule has 0 unspecified atom stereocenters. The van der Waals surface area contributed by atoms with Crippen LogP contribution in [0.25, 0.3) is 0 Å². The fraction of sp³-hybridized carbons (Fsp3) is 0. The normalized spacial score (nSPS) is 10.6. The maximum absolute atomic E-state index is 13.4. The molecule has 0 atom stereocenters. The minimum absolute atomic E-state index is 0.311. The molecule has 1 nitrogen and oxygen atoms in total. The van der Waals surface area contributed by atoms with E-state index < -0.39 is 46.0 Å². The van der Waals surface area contributed by atoms with Crippen LogP contribution < -0.4 is 0 Å². The first-order valence-corrected chi connectivity index (χ1v) is 5.04. The summed E-state index contributed by atoms with van der Waals surface area (Å²) in [5.41, 5.74) is -1.63. The first kappa shape index (κ1) is 13.2. The molecule has 0 radical (unpaired) electrons. The Hall–Kier alpha value is -2.24. The van der Waals surface area contributed by atoms with Crippen molar-refractivity contribution >= 4 is 5.78 Å². The molecule has 0 N–H and O–H groups in total. The third-order valence-corrected chi connectivity index (χ3v) is 2.36. The Morgan fingerprint density at radius 2 is 1.11 bits per heavy atom. The van der Waals surface area contributed by atoms with Gasteiger partial charge in [0.1, 0.15) is 29.1 Å². The van der Waals surface area contributed by atoms with Crippen LogP contribution >= 0.6 is 0 Å². The largest absolute Gasteiger partial charge is 0.288 e. The second kappa shape index (κ2) is 4.79. The molecule has 0 aliphatic heterocycles. The van der Waals surface area contributed by atoms with Crippen LogP contribution in [0.1, 0.15) is 15.9 Å². The Labute approximate surface area is 104 Å². The highest BCUT2D eigenvalue weighted by Gasteiger charge is 2.21. The van der Waals surface area contributed by atoms with Crippen molar-refractivity contribution in [2.75, 3.05) is 0 Å². The molecule has 0 amide bonds. The molecule has 0 aliphatic carbocycles. The average molecular weight is 272 g/mol. The average Bonchev–Trinajstić information content (AvgIpc) is 2.25. The summed E-state index contributed by atoms with van der Waals surface area (Å²) < 4.78 is 65.3. The van der Waals surface area contributed by atoms with Gasteiger partial charge in [-0.1, -0.05) is 0 Å². The number of halogens is 5. The van der Waals surface area contributed by atoms with E-state index in [-0.39, 0.29) is 0 Å². The van der Waals surface area contributed by atoms with Crippen molar-refractivity contribution in [2.24, 2.45) is 0 Å². The van der Waals surface area contributed by atoms with Crippen LogP contribution in [0.5, 0.6) is 0 Å². The van der Waals surface area contributed by atoms with E-state index in [0.29, 0.717) is 30.3 Å². The van der Waals surface area contributed by atoms with Crippen molar-refractivity contribution in [2.45, 2.75) is 0 Å². The Balaban J connectivity index is 2.56. The molecule has 0 saturated carbocycles. The molecule has 0 bridgehead atoms. The first-order chi connectivity index (χ1) is 8.88. The van der Waals surface area contributed by atoms with E-state index >= 15 is 0 Å². The van der Waals surface area contributed by atoms with E-state index in [1.54, 1.807) is 0 Å². The lowest BCUT2D eigenvalue weighted by atomic mass is 10.0. The lowest BCUT2D eigenvalue weighted by Crippen LogP contribution is -2.09. The maximum Gasteiger partial charge on any atom is 0.199 e. The molecule has 0 fully saturated rings. The quantitative estimate of drug-likeness (QED) is 0.603. The van der Waals surface area contributed by atoms with Crippen LogP contribution in [0, 0.1) is 29.1 Å². The molecule has 2 rings (SSSR count). The van der Waals surface area contributed by atoms with Crippen LogP contribution in [0.4, 0.5) is 22.0 Å². The predicted octanol–water partition coefficient (Wildman–Crippen LogP) is 3.61. The second-order valence-electron chi connectivity index (χ2n) is 3.73. The summed E-state index contributed by atoms with van der Waals surface area (Å²) in [5, 5.41) is 0. The highest BCUT2D eigenvalue weighted by molar-refractivity contribution is 6.09. The number of hydrogen-bond donors (Lipinski definition) is 0. The fourth-order valence-corrected chi connectivity index (χ4v) is 1.59. The van der Waals surface area contributed by atoms with Crippen molar-refractivity contribution in [3.63, 3.8) is 0 Å². The van der Waals surface area contributed by atoms with E-state index in [9.17, 15) is 26.7 Å². The highest BCUT2D eigenvalue weighted by atomic mass is 19.2. The lowest BCUT2D eigenvalue weighted by Gasteiger charge is -2.05.